The fraction of sp³-hybridized carbons (Fsp3) is 0.538. The zero-order chi connectivity index (χ0) is 11.8. The molecule has 1 aromatic carbocycles. The van der Waals surface area contributed by atoms with Crippen LogP contribution in [0.5, 0.6) is 0 Å². The molecule has 1 atom stereocenters. The van der Waals surface area contributed by atoms with Gasteiger partial charge >= 0.3 is 0 Å². The topological polar surface area (TPSA) is 20.2 Å². The number of aliphatic hydroxyl groups is 1. The molecule has 1 aromatic rings. The van der Waals surface area contributed by atoms with E-state index in [1.165, 1.54) is 18.2 Å². The molecule has 88 valence electrons. The predicted octanol–water partition coefficient (Wildman–Crippen LogP) is 4.09. The number of benzene rings is 1. The van der Waals surface area contributed by atoms with Gasteiger partial charge in [-0.1, -0.05) is 31.4 Å². The lowest BCUT2D eigenvalue weighted by Crippen LogP contribution is -2.22. The van der Waals surface area contributed by atoms with E-state index in [0.717, 1.165) is 25.7 Å². The average molecular weight is 243 g/mol. The first-order valence-electron chi connectivity index (χ1n) is 5.66. The minimum absolute atomic E-state index is 0.155. The molecular formula is C13H16ClFO. The first-order valence-corrected chi connectivity index (χ1v) is 6.04. The highest BCUT2D eigenvalue weighted by Crippen LogP contribution is 2.48. The maximum absolute atomic E-state index is 13.1. The Kier molecular flexibility index (Phi) is 3.22. The van der Waals surface area contributed by atoms with Gasteiger partial charge in [0.15, 0.2) is 0 Å². The maximum Gasteiger partial charge on any atom is 0.123 e. The molecule has 2 rings (SSSR count). The molecule has 0 radical (unpaired) electrons. The van der Waals surface area contributed by atoms with Crippen molar-refractivity contribution in [1.29, 1.82) is 0 Å². The monoisotopic (exact) mass is 242 g/mol. The van der Waals surface area contributed by atoms with Crippen LogP contribution in [0.15, 0.2) is 18.2 Å². The van der Waals surface area contributed by atoms with Crippen LogP contribution >= 0.6 is 11.6 Å². The Bertz CT molecular complexity index is 386. The standard InChI is InChI=1S/C13H16ClFO/c1-13(6-2-3-7-13)12(16)10-8-9(15)4-5-11(10)14/h4-5,8,12,16H,2-3,6-7H2,1H3. The van der Waals surface area contributed by atoms with Crippen LogP contribution in [0.1, 0.15) is 44.3 Å². The van der Waals surface area contributed by atoms with Crippen LogP contribution in [0.3, 0.4) is 0 Å². The van der Waals surface area contributed by atoms with Crippen LogP contribution in [-0.4, -0.2) is 5.11 Å². The summed E-state index contributed by atoms with van der Waals surface area (Å²) in [7, 11) is 0. The van der Waals surface area contributed by atoms with Crippen LogP contribution in [-0.2, 0) is 0 Å². The fourth-order valence-corrected chi connectivity index (χ4v) is 2.78. The molecule has 1 saturated carbocycles. The van der Waals surface area contributed by atoms with Crippen molar-refractivity contribution >= 4 is 11.6 Å². The quantitative estimate of drug-likeness (QED) is 0.828. The van der Waals surface area contributed by atoms with E-state index in [1.807, 2.05) is 6.92 Å². The zero-order valence-electron chi connectivity index (χ0n) is 9.34. The third-order valence-corrected chi connectivity index (χ3v) is 4.00. The number of hydrogen-bond acceptors (Lipinski definition) is 1. The second-order valence-electron chi connectivity index (χ2n) is 4.93. The van der Waals surface area contributed by atoms with E-state index in [4.69, 9.17) is 11.6 Å². The summed E-state index contributed by atoms with van der Waals surface area (Å²) in [5, 5.41) is 10.8. The number of aliphatic hydroxyl groups excluding tert-OH is 1. The molecule has 1 fully saturated rings. The summed E-state index contributed by atoms with van der Waals surface area (Å²) in [6.45, 7) is 2.05. The molecule has 0 saturated heterocycles. The van der Waals surface area contributed by atoms with Crippen molar-refractivity contribution in [3.8, 4) is 0 Å². The Labute approximate surface area is 100 Å². The highest BCUT2D eigenvalue weighted by Gasteiger charge is 2.37. The molecule has 0 aromatic heterocycles. The van der Waals surface area contributed by atoms with Gasteiger partial charge in [0.25, 0.3) is 0 Å². The maximum atomic E-state index is 13.1. The van der Waals surface area contributed by atoms with E-state index < -0.39 is 6.10 Å². The zero-order valence-corrected chi connectivity index (χ0v) is 10.1. The van der Waals surface area contributed by atoms with Gasteiger partial charge in [0.2, 0.25) is 0 Å². The molecule has 1 aliphatic rings. The predicted molar refractivity (Wildman–Crippen MR) is 62.9 cm³/mol. The van der Waals surface area contributed by atoms with Gasteiger partial charge in [-0.3, -0.25) is 0 Å². The van der Waals surface area contributed by atoms with E-state index in [9.17, 15) is 9.50 Å². The Balaban J connectivity index is 2.32. The molecular weight excluding hydrogens is 227 g/mol. The van der Waals surface area contributed by atoms with Gasteiger partial charge < -0.3 is 5.11 Å². The molecule has 1 N–H and O–H groups in total. The van der Waals surface area contributed by atoms with E-state index in [2.05, 4.69) is 0 Å². The van der Waals surface area contributed by atoms with Crippen LogP contribution in [0.2, 0.25) is 5.02 Å². The molecule has 0 amide bonds. The summed E-state index contributed by atoms with van der Waals surface area (Å²) in [6, 6.07) is 4.17. The molecule has 1 aliphatic carbocycles. The molecule has 3 heteroatoms. The molecule has 0 heterocycles. The summed E-state index contributed by atoms with van der Waals surface area (Å²) < 4.78 is 13.1. The molecule has 1 unspecified atom stereocenters. The number of halogens is 2. The van der Waals surface area contributed by atoms with Gasteiger partial charge in [-0.25, -0.2) is 4.39 Å². The van der Waals surface area contributed by atoms with Gasteiger partial charge in [-0.2, -0.15) is 0 Å². The van der Waals surface area contributed by atoms with Gasteiger partial charge in [-0.15, -0.1) is 0 Å². The van der Waals surface area contributed by atoms with Crippen LogP contribution in [0.25, 0.3) is 0 Å². The highest BCUT2D eigenvalue weighted by molar-refractivity contribution is 6.31. The lowest BCUT2D eigenvalue weighted by Gasteiger charge is -2.30. The normalized spacial score (nSPS) is 21.0. The van der Waals surface area contributed by atoms with Crippen LogP contribution in [0.4, 0.5) is 4.39 Å². The Hall–Kier alpha value is -0.600. The second kappa shape index (κ2) is 4.34. The fourth-order valence-electron chi connectivity index (χ4n) is 2.56. The molecule has 0 aliphatic heterocycles. The van der Waals surface area contributed by atoms with Gasteiger partial charge in [-0.05, 0) is 36.5 Å². The SMILES string of the molecule is CC1(C(O)c2cc(F)ccc2Cl)CCCC1. The lowest BCUT2D eigenvalue weighted by molar-refractivity contribution is 0.0407. The summed E-state index contributed by atoms with van der Waals surface area (Å²) in [5.41, 5.74) is 0.364. The van der Waals surface area contributed by atoms with Crippen molar-refractivity contribution in [2.24, 2.45) is 5.41 Å². The molecule has 16 heavy (non-hydrogen) atoms. The Morgan fingerprint density at radius 3 is 2.62 bits per heavy atom. The van der Waals surface area contributed by atoms with E-state index in [1.54, 1.807) is 0 Å². The van der Waals surface area contributed by atoms with Gasteiger partial charge in [0.1, 0.15) is 5.82 Å². The van der Waals surface area contributed by atoms with E-state index in [0.29, 0.717) is 10.6 Å². The highest BCUT2D eigenvalue weighted by atomic mass is 35.5. The summed E-state index contributed by atoms with van der Waals surface area (Å²) >= 11 is 6.00. The van der Waals surface area contributed by atoms with Crippen LogP contribution < -0.4 is 0 Å². The minimum atomic E-state index is -0.668. The Morgan fingerprint density at radius 2 is 2.00 bits per heavy atom. The van der Waals surface area contributed by atoms with Crippen molar-refractivity contribution in [2.45, 2.75) is 38.7 Å². The third-order valence-electron chi connectivity index (χ3n) is 3.66. The largest absolute Gasteiger partial charge is 0.388 e. The lowest BCUT2D eigenvalue weighted by atomic mass is 9.79. The van der Waals surface area contributed by atoms with Gasteiger partial charge in [0, 0.05) is 10.6 Å². The second-order valence-corrected chi connectivity index (χ2v) is 5.34. The van der Waals surface area contributed by atoms with Crippen molar-refractivity contribution in [3.63, 3.8) is 0 Å². The summed E-state index contributed by atoms with van der Waals surface area (Å²) in [5.74, 6) is -0.347. The Morgan fingerprint density at radius 1 is 1.38 bits per heavy atom. The average Bonchev–Trinajstić information content (AvgIpc) is 2.69. The first-order chi connectivity index (χ1) is 7.53. The van der Waals surface area contributed by atoms with Crippen molar-refractivity contribution in [1.82, 2.24) is 0 Å². The summed E-state index contributed by atoms with van der Waals surface area (Å²) in [4.78, 5) is 0. The first kappa shape index (κ1) is 11.9. The number of rotatable bonds is 2. The molecule has 0 spiro atoms. The van der Waals surface area contributed by atoms with Crippen molar-refractivity contribution in [2.75, 3.05) is 0 Å². The van der Waals surface area contributed by atoms with E-state index in [-0.39, 0.29) is 11.2 Å². The van der Waals surface area contributed by atoms with Gasteiger partial charge in [0.05, 0.1) is 6.10 Å². The third kappa shape index (κ3) is 2.09. The smallest absolute Gasteiger partial charge is 0.123 e. The van der Waals surface area contributed by atoms with Crippen molar-refractivity contribution in [3.05, 3.63) is 34.6 Å². The molecule has 0 bridgehead atoms. The minimum Gasteiger partial charge on any atom is -0.388 e. The number of hydrogen-bond donors (Lipinski definition) is 1. The van der Waals surface area contributed by atoms with Crippen molar-refractivity contribution < 1.29 is 9.50 Å². The summed E-state index contributed by atoms with van der Waals surface area (Å²) in [6.07, 6.45) is 3.53. The van der Waals surface area contributed by atoms with E-state index >= 15 is 0 Å². The van der Waals surface area contributed by atoms with Crippen LogP contribution in [0, 0.1) is 11.2 Å². The molecule has 1 nitrogen and oxygen atoms in total.